The third kappa shape index (κ3) is 10.9. The summed E-state index contributed by atoms with van der Waals surface area (Å²) in [6.07, 6.45) is -2.06. The van der Waals surface area contributed by atoms with Gasteiger partial charge in [-0.25, -0.2) is 0 Å². The molecule has 0 fully saturated rings. The van der Waals surface area contributed by atoms with Gasteiger partial charge in [0.05, 0.1) is 0 Å². The molecule has 0 amide bonds. The van der Waals surface area contributed by atoms with Gasteiger partial charge in [-0.05, 0) is 7.05 Å². The van der Waals surface area contributed by atoms with Crippen molar-refractivity contribution in [3.8, 4) is 0 Å². The van der Waals surface area contributed by atoms with E-state index >= 15 is 0 Å². The van der Waals surface area contributed by atoms with Gasteiger partial charge in [-0.3, -0.25) is 5.09 Å². The number of halogens is 1. The SMILES string of the molecule is CNP(C)(O)=S.Cl. The van der Waals surface area contributed by atoms with Crippen LogP contribution < -0.4 is 5.09 Å². The molecule has 0 aliphatic heterocycles. The Morgan fingerprint density at radius 2 is 1.86 bits per heavy atom. The predicted molar refractivity (Wildman–Crippen MR) is 38.7 cm³/mol. The maximum atomic E-state index is 8.64. The molecular formula is C2H9ClNOPS. The second-order valence-electron chi connectivity index (χ2n) is 1.10. The monoisotopic (exact) mass is 161 g/mol. The molecule has 0 aromatic rings. The molecule has 0 spiro atoms. The van der Waals surface area contributed by atoms with Crippen LogP contribution in [0.3, 0.4) is 0 Å². The molecule has 2 nitrogen and oxygen atoms in total. The molecule has 7 heavy (non-hydrogen) atoms. The van der Waals surface area contributed by atoms with Crippen molar-refractivity contribution in [2.24, 2.45) is 0 Å². The highest BCUT2D eigenvalue weighted by molar-refractivity contribution is 8.10. The van der Waals surface area contributed by atoms with Crippen molar-refractivity contribution >= 4 is 30.6 Å². The summed E-state index contributed by atoms with van der Waals surface area (Å²) in [6, 6.07) is 0. The fourth-order valence-electron chi connectivity index (χ4n) is 0. The fourth-order valence-corrected chi connectivity index (χ4v) is 0. The van der Waals surface area contributed by atoms with Gasteiger partial charge in [0.1, 0.15) is 6.42 Å². The molecule has 0 aliphatic rings. The highest BCUT2D eigenvalue weighted by Gasteiger charge is 1.93. The van der Waals surface area contributed by atoms with Gasteiger partial charge in [0.2, 0.25) is 0 Å². The molecule has 0 aliphatic carbocycles. The van der Waals surface area contributed by atoms with E-state index in [4.69, 9.17) is 4.89 Å². The predicted octanol–water partition coefficient (Wildman–Crippen LogP) is 0.559. The fraction of sp³-hybridized carbons (Fsp3) is 1.00. The normalized spacial score (nSPS) is 17.0. The highest BCUT2D eigenvalue weighted by Crippen LogP contribution is 2.27. The van der Waals surface area contributed by atoms with E-state index in [2.05, 4.69) is 16.9 Å². The van der Waals surface area contributed by atoms with Crippen molar-refractivity contribution in [2.75, 3.05) is 13.7 Å². The minimum Gasteiger partial charge on any atom is -0.354 e. The first-order valence-corrected chi connectivity index (χ1v) is 4.76. The van der Waals surface area contributed by atoms with Crippen molar-refractivity contribution in [1.82, 2.24) is 5.09 Å². The molecule has 2 N–H and O–H groups in total. The first kappa shape index (κ1) is 10.8. The van der Waals surface area contributed by atoms with Crippen molar-refractivity contribution in [3.63, 3.8) is 0 Å². The minimum absolute atomic E-state index is 0. The van der Waals surface area contributed by atoms with Crippen LogP contribution in [0, 0.1) is 0 Å². The second-order valence-corrected chi connectivity index (χ2v) is 5.44. The summed E-state index contributed by atoms with van der Waals surface area (Å²) in [7, 11) is 1.65. The Morgan fingerprint density at radius 1 is 1.71 bits per heavy atom. The van der Waals surface area contributed by atoms with Gasteiger partial charge in [0.15, 0.2) is 0 Å². The number of hydrogen-bond donors (Lipinski definition) is 2. The van der Waals surface area contributed by atoms with Crippen LogP contribution in [0.2, 0.25) is 0 Å². The molecule has 5 heteroatoms. The molecule has 0 saturated heterocycles. The standard InChI is InChI=1S/C2H8NOPS.ClH/c1-3-5(2,4)6;/h1-2H3,(H2,3,4,6);1H. The van der Waals surface area contributed by atoms with Crippen molar-refractivity contribution in [2.45, 2.75) is 0 Å². The van der Waals surface area contributed by atoms with E-state index in [1.165, 1.54) is 0 Å². The van der Waals surface area contributed by atoms with E-state index in [-0.39, 0.29) is 12.4 Å². The number of hydrogen-bond acceptors (Lipinski definition) is 1. The van der Waals surface area contributed by atoms with Crippen molar-refractivity contribution < 1.29 is 4.89 Å². The molecule has 0 saturated carbocycles. The largest absolute Gasteiger partial charge is 0.354 e. The topological polar surface area (TPSA) is 32.3 Å². The molecule has 1 atom stereocenters. The smallest absolute Gasteiger partial charge is 0.123 e. The Morgan fingerprint density at radius 3 is 1.86 bits per heavy atom. The van der Waals surface area contributed by atoms with E-state index in [0.29, 0.717) is 0 Å². The van der Waals surface area contributed by atoms with Crippen LogP contribution in [-0.2, 0) is 11.8 Å². The zero-order chi connectivity index (χ0) is 5.21. The second kappa shape index (κ2) is 3.81. The van der Waals surface area contributed by atoms with E-state index in [1.54, 1.807) is 13.7 Å². The van der Waals surface area contributed by atoms with Gasteiger partial charge >= 0.3 is 0 Å². The highest BCUT2D eigenvalue weighted by atomic mass is 35.5. The summed E-state index contributed by atoms with van der Waals surface area (Å²) in [5.74, 6) is 0. The molecule has 46 valence electrons. The third-order valence-electron chi connectivity index (χ3n) is 0.415. The lowest BCUT2D eigenvalue weighted by atomic mass is 11.6. The first-order chi connectivity index (χ1) is 2.56. The lowest BCUT2D eigenvalue weighted by molar-refractivity contribution is 0.618. The summed E-state index contributed by atoms with van der Waals surface area (Å²) in [5.41, 5.74) is 0. The Balaban J connectivity index is 0. The zero-order valence-corrected chi connectivity index (χ0v) is 6.74. The number of rotatable bonds is 1. The van der Waals surface area contributed by atoms with Crippen LogP contribution in [-0.4, -0.2) is 18.6 Å². The average molecular weight is 162 g/mol. The summed E-state index contributed by atoms with van der Waals surface area (Å²) in [5, 5.41) is 2.59. The first-order valence-electron chi connectivity index (χ1n) is 1.55. The van der Waals surface area contributed by atoms with Gasteiger partial charge in [-0.1, -0.05) is 11.8 Å². The quantitative estimate of drug-likeness (QED) is 0.552. The van der Waals surface area contributed by atoms with Gasteiger partial charge in [0.25, 0.3) is 0 Å². The van der Waals surface area contributed by atoms with Gasteiger partial charge in [-0.2, -0.15) is 0 Å². The lowest BCUT2D eigenvalue weighted by Crippen LogP contribution is -1.97. The minimum atomic E-state index is -2.06. The molecule has 1 unspecified atom stereocenters. The Bertz CT molecular complexity index is 81.8. The van der Waals surface area contributed by atoms with E-state index < -0.39 is 6.42 Å². The van der Waals surface area contributed by atoms with E-state index in [1.807, 2.05) is 0 Å². The molecule has 0 bridgehead atoms. The lowest BCUT2D eigenvalue weighted by Gasteiger charge is -2.02. The van der Waals surface area contributed by atoms with Crippen LogP contribution in [0.15, 0.2) is 0 Å². The van der Waals surface area contributed by atoms with Crippen LogP contribution in [0.25, 0.3) is 0 Å². The summed E-state index contributed by atoms with van der Waals surface area (Å²) in [6.45, 7) is 1.61. The summed E-state index contributed by atoms with van der Waals surface area (Å²) in [4.78, 5) is 8.64. The Hall–Kier alpha value is 0.860. The maximum absolute atomic E-state index is 8.64. The van der Waals surface area contributed by atoms with Crippen LogP contribution in [0.1, 0.15) is 0 Å². The summed E-state index contributed by atoms with van der Waals surface area (Å²) < 4.78 is 0. The molecular weight excluding hydrogens is 153 g/mol. The van der Waals surface area contributed by atoms with Crippen molar-refractivity contribution in [3.05, 3.63) is 0 Å². The van der Waals surface area contributed by atoms with E-state index in [0.717, 1.165) is 0 Å². The average Bonchev–Trinajstić information content (AvgIpc) is 1.35. The van der Waals surface area contributed by atoms with Gasteiger partial charge in [0, 0.05) is 6.66 Å². The molecule has 0 heterocycles. The maximum Gasteiger partial charge on any atom is 0.123 e. The van der Waals surface area contributed by atoms with E-state index in [9.17, 15) is 0 Å². The third-order valence-corrected chi connectivity index (χ3v) is 1.79. The van der Waals surface area contributed by atoms with Crippen LogP contribution in [0.5, 0.6) is 0 Å². The Labute approximate surface area is 54.9 Å². The van der Waals surface area contributed by atoms with Crippen LogP contribution in [0.4, 0.5) is 0 Å². The summed E-state index contributed by atoms with van der Waals surface area (Å²) >= 11 is 4.54. The number of nitrogens with one attached hydrogen (secondary N) is 1. The molecule has 0 aromatic heterocycles. The molecule has 0 aromatic carbocycles. The Kier molecular flexibility index (Phi) is 5.87. The van der Waals surface area contributed by atoms with Crippen LogP contribution >= 0.6 is 18.8 Å². The van der Waals surface area contributed by atoms with Crippen molar-refractivity contribution in [1.29, 1.82) is 0 Å². The van der Waals surface area contributed by atoms with Gasteiger partial charge in [-0.15, -0.1) is 12.4 Å². The molecule has 0 rings (SSSR count). The van der Waals surface area contributed by atoms with Gasteiger partial charge < -0.3 is 4.89 Å². The zero-order valence-electron chi connectivity index (χ0n) is 4.21. The molecule has 0 radical (unpaired) electrons.